The summed E-state index contributed by atoms with van der Waals surface area (Å²) in [5.41, 5.74) is 0.513. The van der Waals surface area contributed by atoms with E-state index in [0.717, 1.165) is 0 Å². The van der Waals surface area contributed by atoms with Gasteiger partial charge in [-0.1, -0.05) is 35.0 Å². The number of halogens is 2. The van der Waals surface area contributed by atoms with Crippen molar-refractivity contribution in [1.82, 2.24) is 19.6 Å². The molecule has 0 bridgehead atoms. The van der Waals surface area contributed by atoms with E-state index in [1.807, 2.05) is 0 Å². The maximum Gasteiger partial charge on any atom is 0.253 e. The third kappa shape index (κ3) is 3.18. The number of benzene rings is 1. The van der Waals surface area contributed by atoms with Gasteiger partial charge in [-0.2, -0.15) is 4.98 Å². The summed E-state index contributed by atoms with van der Waals surface area (Å²) in [5, 5.41) is 5.51. The smallest absolute Gasteiger partial charge is 0.253 e. The fourth-order valence-electron chi connectivity index (χ4n) is 1.66. The summed E-state index contributed by atoms with van der Waals surface area (Å²) >= 11 is 13.0. The van der Waals surface area contributed by atoms with Crippen molar-refractivity contribution in [3.05, 3.63) is 52.3 Å². The minimum Gasteiger partial charge on any atom is -0.293 e. The van der Waals surface area contributed by atoms with Gasteiger partial charge >= 0.3 is 0 Å². The molecule has 0 aliphatic carbocycles. The van der Waals surface area contributed by atoms with Crippen molar-refractivity contribution in [2.75, 3.05) is 5.75 Å². The summed E-state index contributed by atoms with van der Waals surface area (Å²) in [7, 11) is 0. The zero-order valence-electron chi connectivity index (χ0n) is 10.5. The van der Waals surface area contributed by atoms with Crippen LogP contribution in [-0.4, -0.2) is 31.1 Å². The molecule has 3 aromatic rings. The molecule has 3 rings (SSSR count). The van der Waals surface area contributed by atoms with Crippen molar-refractivity contribution < 1.29 is 4.79 Å². The first-order chi connectivity index (χ1) is 10.1. The minimum absolute atomic E-state index is 0.0645. The van der Waals surface area contributed by atoms with Crippen LogP contribution >= 0.6 is 35.0 Å². The number of hydrogen-bond donors (Lipinski definition) is 0. The molecule has 0 spiro atoms. The van der Waals surface area contributed by atoms with Gasteiger partial charge in [0.25, 0.3) is 5.78 Å². The lowest BCUT2D eigenvalue weighted by molar-refractivity contribution is 0.102. The van der Waals surface area contributed by atoms with E-state index in [1.54, 1.807) is 41.2 Å². The molecule has 2 heterocycles. The van der Waals surface area contributed by atoms with E-state index in [0.29, 0.717) is 26.5 Å². The summed E-state index contributed by atoms with van der Waals surface area (Å²) < 4.78 is 1.56. The Morgan fingerprint density at radius 1 is 1.29 bits per heavy atom. The number of nitrogens with zero attached hydrogens (tertiary/aromatic N) is 4. The molecule has 0 amide bonds. The van der Waals surface area contributed by atoms with Crippen LogP contribution in [0.25, 0.3) is 5.78 Å². The molecule has 0 N–H and O–H groups in total. The highest BCUT2D eigenvalue weighted by molar-refractivity contribution is 7.99. The second kappa shape index (κ2) is 6.01. The van der Waals surface area contributed by atoms with Crippen LogP contribution in [0, 0.1) is 0 Å². The maximum absolute atomic E-state index is 12.1. The van der Waals surface area contributed by atoms with E-state index < -0.39 is 0 Å². The summed E-state index contributed by atoms with van der Waals surface area (Å²) in [6.45, 7) is 0. The Balaban J connectivity index is 1.71. The van der Waals surface area contributed by atoms with Gasteiger partial charge in [-0.05, 0) is 24.3 Å². The topological polar surface area (TPSA) is 60.2 Å². The Kier molecular flexibility index (Phi) is 4.10. The van der Waals surface area contributed by atoms with Gasteiger partial charge < -0.3 is 0 Å². The normalized spacial score (nSPS) is 11.0. The molecule has 0 unspecified atom stereocenters. The SMILES string of the molecule is O=C(CSc1nc2ncccn2n1)c1ccc(Cl)c(Cl)c1. The number of carbonyl (C=O) groups is 1. The van der Waals surface area contributed by atoms with Gasteiger partial charge in [0.15, 0.2) is 5.78 Å². The Hall–Kier alpha value is -1.63. The van der Waals surface area contributed by atoms with Gasteiger partial charge in [0.2, 0.25) is 5.16 Å². The molecule has 0 atom stereocenters. The monoisotopic (exact) mass is 338 g/mol. The van der Waals surface area contributed by atoms with Crippen LogP contribution < -0.4 is 0 Å². The molecule has 0 radical (unpaired) electrons. The zero-order chi connectivity index (χ0) is 14.8. The van der Waals surface area contributed by atoms with E-state index in [-0.39, 0.29) is 11.5 Å². The Morgan fingerprint density at radius 3 is 2.90 bits per heavy atom. The molecule has 0 aliphatic heterocycles. The van der Waals surface area contributed by atoms with Crippen molar-refractivity contribution in [2.45, 2.75) is 5.16 Å². The fourth-order valence-corrected chi connectivity index (χ4v) is 2.67. The van der Waals surface area contributed by atoms with Crippen LogP contribution in [0.15, 0.2) is 41.8 Å². The van der Waals surface area contributed by atoms with Gasteiger partial charge in [0.05, 0.1) is 15.8 Å². The average Bonchev–Trinajstić information content (AvgIpc) is 2.90. The van der Waals surface area contributed by atoms with Crippen LogP contribution in [0.1, 0.15) is 10.4 Å². The van der Waals surface area contributed by atoms with Gasteiger partial charge in [-0.3, -0.25) is 4.79 Å². The molecule has 1 aromatic carbocycles. The highest BCUT2D eigenvalue weighted by atomic mass is 35.5. The van der Waals surface area contributed by atoms with Gasteiger partial charge in [-0.15, -0.1) is 5.10 Å². The lowest BCUT2D eigenvalue weighted by atomic mass is 10.1. The number of ketones is 1. The van der Waals surface area contributed by atoms with E-state index in [2.05, 4.69) is 15.1 Å². The number of rotatable bonds is 4. The molecule has 2 aromatic heterocycles. The maximum atomic E-state index is 12.1. The first kappa shape index (κ1) is 14.3. The van der Waals surface area contributed by atoms with Crippen molar-refractivity contribution in [3.63, 3.8) is 0 Å². The van der Waals surface area contributed by atoms with Crippen molar-refractivity contribution in [2.24, 2.45) is 0 Å². The third-order valence-electron chi connectivity index (χ3n) is 2.67. The number of hydrogen-bond acceptors (Lipinski definition) is 5. The van der Waals surface area contributed by atoms with Crippen LogP contribution in [-0.2, 0) is 0 Å². The molecule has 0 saturated heterocycles. The largest absolute Gasteiger partial charge is 0.293 e. The second-order valence-corrected chi connectivity index (χ2v) is 5.86. The predicted molar refractivity (Wildman–Crippen MR) is 82.3 cm³/mol. The number of aromatic nitrogens is 4. The number of carbonyl (C=O) groups excluding carboxylic acids is 1. The van der Waals surface area contributed by atoms with Gasteiger partial charge in [-0.25, -0.2) is 9.50 Å². The van der Waals surface area contributed by atoms with Crippen molar-refractivity contribution in [1.29, 1.82) is 0 Å². The zero-order valence-corrected chi connectivity index (χ0v) is 12.9. The van der Waals surface area contributed by atoms with Gasteiger partial charge in [0.1, 0.15) is 0 Å². The van der Waals surface area contributed by atoms with Crippen LogP contribution in [0.4, 0.5) is 0 Å². The Morgan fingerprint density at radius 2 is 2.14 bits per heavy atom. The molecule has 5 nitrogen and oxygen atoms in total. The Bertz CT molecular complexity index is 788. The average molecular weight is 339 g/mol. The fraction of sp³-hybridized carbons (Fsp3) is 0.0769. The van der Waals surface area contributed by atoms with E-state index >= 15 is 0 Å². The predicted octanol–water partition coefficient (Wildman–Crippen LogP) is 3.41. The summed E-state index contributed by atoms with van der Waals surface area (Å²) in [6, 6.07) is 6.58. The minimum atomic E-state index is -0.0645. The number of fused-ring (bicyclic) bond motifs is 1. The molecular weight excluding hydrogens is 331 g/mol. The van der Waals surface area contributed by atoms with E-state index in [4.69, 9.17) is 23.2 Å². The van der Waals surface area contributed by atoms with Crippen molar-refractivity contribution in [3.8, 4) is 0 Å². The van der Waals surface area contributed by atoms with Crippen LogP contribution in [0.5, 0.6) is 0 Å². The standard InChI is InChI=1S/C13H8Cl2N4OS/c14-9-3-2-8(6-10(9)15)11(20)7-21-13-17-12-16-4-1-5-19(12)18-13/h1-6H,7H2. The Labute approximate surface area is 134 Å². The lowest BCUT2D eigenvalue weighted by Crippen LogP contribution is -2.02. The molecule has 21 heavy (non-hydrogen) atoms. The third-order valence-corrected chi connectivity index (χ3v) is 4.25. The molecule has 0 saturated carbocycles. The summed E-state index contributed by atoms with van der Waals surface area (Å²) in [5.74, 6) is 0.654. The second-order valence-electron chi connectivity index (χ2n) is 4.10. The van der Waals surface area contributed by atoms with Crippen LogP contribution in [0.3, 0.4) is 0 Å². The highest BCUT2D eigenvalue weighted by Crippen LogP contribution is 2.24. The molecule has 0 aliphatic rings. The van der Waals surface area contributed by atoms with Crippen LogP contribution in [0.2, 0.25) is 10.0 Å². The van der Waals surface area contributed by atoms with E-state index in [1.165, 1.54) is 11.8 Å². The van der Waals surface area contributed by atoms with Crippen molar-refractivity contribution >= 4 is 46.5 Å². The summed E-state index contributed by atoms with van der Waals surface area (Å²) in [6.07, 6.45) is 3.39. The molecular formula is C13H8Cl2N4OS. The first-order valence-electron chi connectivity index (χ1n) is 5.92. The lowest BCUT2D eigenvalue weighted by Gasteiger charge is -2.01. The van der Waals surface area contributed by atoms with E-state index in [9.17, 15) is 4.79 Å². The quantitative estimate of drug-likeness (QED) is 0.538. The number of Topliss-reactive ketones (excluding diaryl/α,β-unsaturated/α-hetero) is 1. The summed E-state index contributed by atoms with van der Waals surface area (Å²) in [4.78, 5) is 20.4. The first-order valence-corrected chi connectivity index (χ1v) is 7.66. The van der Waals surface area contributed by atoms with Gasteiger partial charge in [0, 0.05) is 18.0 Å². The molecule has 0 fully saturated rings. The number of thioether (sulfide) groups is 1. The molecule has 8 heteroatoms. The highest BCUT2D eigenvalue weighted by Gasteiger charge is 2.11. The molecule has 106 valence electrons.